The molecule has 8 heteroatoms. The zero-order valence-electron chi connectivity index (χ0n) is 15.9. The number of piperazine rings is 1. The van der Waals surface area contributed by atoms with Crippen LogP contribution in [0.3, 0.4) is 0 Å². The Morgan fingerprint density at radius 2 is 1.39 bits per heavy atom. The van der Waals surface area contributed by atoms with Gasteiger partial charge in [0.15, 0.2) is 0 Å². The van der Waals surface area contributed by atoms with Crippen molar-refractivity contribution in [2.45, 2.75) is 18.7 Å². The van der Waals surface area contributed by atoms with Gasteiger partial charge in [0.25, 0.3) is 0 Å². The third-order valence-corrected chi connectivity index (χ3v) is 8.37. The van der Waals surface area contributed by atoms with E-state index in [0.29, 0.717) is 0 Å². The molecule has 6 nitrogen and oxygen atoms in total. The van der Waals surface area contributed by atoms with Gasteiger partial charge in [-0.3, -0.25) is 0 Å². The number of nitrogens with zero attached hydrogens (tertiary/aromatic N) is 2. The molecule has 3 rings (SSSR count). The number of hydrogen-bond acceptors (Lipinski definition) is 4. The molecule has 0 aliphatic carbocycles. The number of sulfonamides is 2. The molecular weight excluding hydrogens is 396 g/mol. The van der Waals surface area contributed by atoms with Crippen molar-refractivity contribution < 1.29 is 16.8 Å². The van der Waals surface area contributed by atoms with Crippen molar-refractivity contribution in [2.24, 2.45) is 0 Å². The summed E-state index contributed by atoms with van der Waals surface area (Å²) in [6, 6.07) is 14.2. The maximum absolute atomic E-state index is 12.9. The van der Waals surface area contributed by atoms with Crippen LogP contribution in [0.15, 0.2) is 58.8 Å². The highest BCUT2D eigenvalue weighted by atomic mass is 32.2. The first-order valence-corrected chi connectivity index (χ1v) is 12.0. The number of hydrogen-bond donors (Lipinski definition) is 0. The molecule has 0 amide bonds. The van der Waals surface area contributed by atoms with Crippen molar-refractivity contribution in [3.8, 4) is 0 Å². The van der Waals surface area contributed by atoms with Crippen molar-refractivity contribution in [1.82, 2.24) is 8.61 Å². The molecule has 1 fully saturated rings. The van der Waals surface area contributed by atoms with E-state index in [2.05, 4.69) is 0 Å². The lowest BCUT2D eigenvalue weighted by molar-refractivity contribution is 0.275. The van der Waals surface area contributed by atoms with Crippen LogP contribution in [0.1, 0.15) is 16.7 Å². The first kappa shape index (κ1) is 20.7. The first-order valence-electron chi connectivity index (χ1n) is 9.01. The summed E-state index contributed by atoms with van der Waals surface area (Å²) in [5.74, 6) is 0. The van der Waals surface area contributed by atoms with Crippen LogP contribution >= 0.6 is 0 Å². The van der Waals surface area contributed by atoms with Gasteiger partial charge in [-0.15, -0.1) is 0 Å². The predicted molar refractivity (Wildman–Crippen MR) is 111 cm³/mol. The van der Waals surface area contributed by atoms with Gasteiger partial charge in [0.1, 0.15) is 0 Å². The minimum Gasteiger partial charge on any atom is -0.208 e. The Hall–Kier alpha value is -2.00. The van der Waals surface area contributed by atoms with Gasteiger partial charge in [0, 0.05) is 31.6 Å². The molecule has 2 aromatic carbocycles. The van der Waals surface area contributed by atoms with Crippen LogP contribution in [0.25, 0.3) is 6.08 Å². The Balaban J connectivity index is 1.69. The molecule has 1 heterocycles. The normalized spacial score (nSPS) is 17.2. The molecule has 1 aliphatic heterocycles. The average molecular weight is 421 g/mol. The van der Waals surface area contributed by atoms with Crippen LogP contribution in [-0.2, 0) is 20.0 Å². The van der Waals surface area contributed by atoms with Crippen molar-refractivity contribution >= 4 is 26.1 Å². The standard InChI is InChI=1S/C20H24N2O4S2/c1-17-8-9-20(16-18(17)2)28(25,26)22-13-11-21(12-14-22)27(23,24)15-10-19-6-4-3-5-7-19/h3-10,15-16H,11-14H2,1-2H3/b15-10+. The van der Waals surface area contributed by atoms with Gasteiger partial charge in [0.2, 0.25) is 20.0 Å². The van der Waals surface area contributed by atoms with E-state index in [1.165, 1.54) is 14.0 Å². The molecule has 1 aliphatic rings. The maximum Gasteiger partial charge on any atom is 0.243 e. The molecular formula is C20H24N2O4S2. The molecule has 0 bridgehead atoms. The second kappa shape index (κ2) is 8.16. The highest BCUT2D eigenvalue weighted by Crippen LogP contribution is 2.21. The molecule has 0 spiro atoms. The minimum atomic E-state index is -3.63. The topological polar surface area (TPSA) is 74.8 Å². The smallest absolute Gasteiger partial charge is 0.208 e. The van der Waals surface area contributed by atoms with E-state index in [0.717, 1.165) is 16.7 Å². The average Bonchev–Trinajstić information content (AvgIpc) is 2.69. The van der Waals surface area contributed by atoms with Gasteiger partial charge < -0.3 is 0 Å². The predicted octanol–water partition coefficient (Wildman–Crippen LogP) is 2.61. The molecule has 0 unspecified atom stereocenters. The summed E-state index contributed by atoms with van der Waals surface area (Å²) in [5.41, 5.74) is 2.73. The monoisotopic (exact) mass is 420 g/mol. The van der Waals surface area contributed by atoms with E-state index >= 15 is 0 Å². The van der Waals surface area contributed by atoms with Gasteiger partial charge in [-0.1, -0.05) is 36.4 Å². The summed E-state index contributed by atoms with van der Waals surface area (Å²) >= 11 is 0. The van der Waals surface area contributed by atoms with Crippen LogP contribution in [0, 0.1) is 13.8 Å². The Bertz CT molecular complexity index is 1070. The van der Waals surface area contributed by atoms with Crippen LogP contribution in [0.2, 0.25) is 0 Å². The van der Waals surface area contributed by atoms with E-state index < -0.39 is 20.0 Å². The van der Waals surface area contributed by atoms with Crippen molar-refractivity contribution in [3.63, 3.8) is 0 Å². The summed E-state index contributed by atoms with van der Waals surface area (Å²) < 4.78 is 53.5. The highest BCUT2D eigenvalue weighted by Gasteiger charge is 2.32. The fourth-order valence-corrected chi connectivity index (χ4v) is 5.68. The summed E-state index contributed by atoms with van der Waals surface area (Å²) in [6.07, 6.45) is 1.55. The van der Waals surface area contributed by atoms with Gasteiger partial charge in [-0.25, -0.2) is 16.8 Å². The summed E-state index contributed by atoms with van der Waals surface area (Å²) in [4.78, 5) is 0.246. The van der Waals surface area contributed by atoms with Crippen molar-refractivity contribution in [3.05, 3.63) is 70.6 Å². The van der Waals surface area contributed by atoms with E-state index in [4.69, 9.17) is 0 Å². The van der Waals surface area contributed by atoms with Crippen LogP contribution in [-0.4, -0.2) is 51.6 Å². The van der Waals surface area contributed by atoms with E-state index in [-0.39, 0.29) is 31.1 Å². The molecule has 1 saturated heterocycles. The van der Waals surface area contributed by atoms with Gasteiger partial charge >= 0.3 is 0 Å². The number of benzene rings is 2. The second-order valence-electron chi connectivity index (χ2n) is 6.81. The zero-order chi connectivity index (χ0) is 20.4. The summed E-state index contributed by atoms with van der Waals surface area (Å²) in [7, 11) is -7.23. The summed E-state index contributed by atoms with van der Waals surface area (Å²) in [6.45, 7) is 4.33. The molecule has 0 radical (unpaired) electrons. The Morgan fingerprint density at radius 1 is 0.786 bits per heavy atom. The zero-order valence-corrected chi connectivity index (χ0v) is 17.6. The lowest BCUT2D eigenvalue weighted by Crippen LogP contribution is -2.49. The van der Waals surface area contributed by atoms with Crippen LogP contribution in [0.5, 0.6) is 0 Å². The van der Waals surface area contributed by atoms with Gasteiger partial charge in [-0.2, -0.15) is 8.61 Å². The fraction of sp³-hybridized carbons (Fsp3) is 0.300. The SMILES string of the molecule is Cc1ccc(S(=O)(=O)N2CCN(S(=O)(=O)/C=C/c3ccccc3)CC2)cc1C. The fourth-order valence-electron chi connectivity index (χ4n) is 3.00. The Morgan fingerprint density at radius 3 is 2.00 bits per heavy atom. The van der Waals surface area contributed by atoms with Crippen molar-refractivity contribution in [2.75, 3.05) is 26.2 Å². The van der Waals surface area contributed by atoms with Gasteiger partial charge in [-0.05, 0) is 48.7 Å². The largest absolute Gasteiger partial charge is 0.243 e. The Kier molecular flexibility index (Phi) is 6.04. The Labute approximate surface area is 167 Å². The third-order valence-electron chi connectivity index (χ3n) is 4.91. The maximum atomic E-state index is 12.9. The molecule has 0 N–H and O–H groups in total. The van der Waals surface area contributed by atoms with Crippen molar-refractivity contribution in [1.29, 1.82) is 0 Å². The van der Waals surface area contributed by atoms with Crippen LogP contribution in [0.4, 0.5) is 0 Å². The van der Waals surface area contributed by atoms with Gasteiger partial charge in [0.05, 0.1) is 4.90 Å². The van der Waals surface area contributed by atoms with E-state index in [1.54, 1.807) is 24.3 Å². The number of aryl methyl sites for hydroxylation is 2. The lowest BCUT2D eigenvalue weighted by Gasteiger charge is -2.32. The molecule has 150 valence electrons. The molecule has 28 heavy (non-hydrogen) atoms. The molecule has 0 saturated carbocycles. The van der Waals surface area contributed by atoms with Crippen LogP contribution < -0.4 is 0 Å². The van der Waals surface area contributed by atoms with E-state index in [1.807, 2.05) is 44.2 Å². The first-order chi connectivity index (χ1) is 13.2. The summed E-state index contributed by atoms with van der Waals surface area (Å²) in [5, 5.41) is 1.18. The third kappa shape index (κ3) is 4.52. The quantitative estimate of drug-likeness (QED) is 0.745. The van der Waals surface area contributed by atoms with E-state index in [9.17, 15) is 16.8 Å². The highest BCUT2D eigenvalue weighted by molar-refractivity contribution is 7.92. The molecule has 0 aromatic heterocycles. The minimum absolute atomic E-state index is 0.130. The lowest BCUT2D eigenvalue weighted by atomic mass is 10.1. The number of rotatable bonds is 5. The second-order valence-corrected chi connectivity index (χ2v) is 10.6. The molecule has 0 atom stereocenters. The molecule has 2 aromatic rings.